The Kier molecular flexibility index (Phi) is 6.59. The normalized spacial score (nSPS) is 12.5. The number of carboxylic acid groups (broad SMARTS) is 1. The van der Waals surface area contributed by atoms with Gasteiger partial charge in [0.25, 0.3) is 0 Å². The third-order valence-electron chi connectivity index (χ3n) is 2.60. The molecule has 0 radical (unpaired) electrons. The summed E-state index contributed by atoms with van der Waals surface area (Å²) in [5.41, 5.74) is 0.747. The minimum atomic E-state index is -1.04. The first-order valence-electron chi connectivity index (χ1n) is 6.39. The van der Waals surface area contributed by atoms with E-state index >= 15 is 0 Å². The molecule has 1 aromatic carbocycles. The van der Waals surface area contributed by atoms with Crippen LogP contribution in [0.5, 0.6) is 5.75 Å². The van der Waals surface area contributed by atoms with Crippen molar-refractivity contribution in [2.75, 3.05) is 6.54 Å². The number of rotatable bonds is 7. The van der Waals surface area contributed by atoms with Crippen molar-refractivity contribution >= 4 is 29.2 Å². The molecule has 0 aliphatic carbocycles. The zero-order valence-corrected chi connectivity index (χ0v) is 13.3. The standard InChI is InChI=1S/C14H19Cl2NO3/c1-8(2)6-17-7-10-4-11(15)5-12(16)13(10)20-9(3)14(18)19/h4-5,8-9,17H,6-7H2,1-3H3,(H,18,19). The van der Waals surface area contributed by atoms with Crippen LogP contribution in [-0.4, -0.2) is 23.7 Å². The SMILES string of the molecule is CC(C)CNCc1cc(Cl)cc(Cl)c1OC(C)C(=O)O. The molecule has 0 fully saturated rings. The van der Waals surface area contributed by atoms with Gasteiger partial charge >= 0.3 is 5.97 Å². The van der Waals surface area contributed by atoms with Crippen LogP contribution in [0, 0.1) is 5.92 Å². The van der Waals surface area contributed by atoms with Crippen LogP contribution in [0.3, 0.4) is 0 Å². The van der Waals surface area contributed by atoms with E-state index in [-0.39, 0.29) is 0 Å². The molecule has 1 unspecified atom stereocenters. The third kappa shape index (κ3) is 5.19. The fourth-order valence-electron chi connectivity index (χ4n) is 1.60. The molecule has 1 aromatic rings. The van der Waals surface area contributed by atoms with Crippen molar-refractivity contribution in [2.45, 2.75) is 33.4 Å². The van der Waals surface area contributed by atoms with Crippen LogP contribution in [-0.2, 0) is 11.3 Å². The molecule has 4 nitrogen and oxygen atoms in total. The number of carbonyl (C=O) groups is 1. The monoisotopic (exact) mass is 319 g/mol. The van der Waals surface area contributed by atoms with E-state index in [1.807, 2.05) is 0 Å². The molecule has 0 aliphatic heterocycles. The highest BCUT2D eigenvalue weighted by atomic mass is 35.5. The van der Waals surface area contributed by atoms with Gasteiger partial charge in [-0.2, -0.15) is 0 Å². The molecular formula is C14H19Cl2NO3. The number of aliphatic carboxylic acids is 1. The summed E-state index contributed by atoms with van der Waals surface area (Å²) < 4.78 is 5.42. The molecule has 0 heterocycles. The van der Waals surface area contributed by atoms with Crippen LogP contribution >= 0.6 is 23.2 Å². The van der Waals surface area contributed by atoms with E-state index in [4.69, 9.17) is 33.0 Å². The summed E-state index contributed by atoms with van der Waals surface area (Å²) in [5, 5.41) is 13.0. The topological polar surface area (TPSA) is 58.6 Å². The van der Waals surface area contributed by atoms with Crippen LogP contribution < -0.4 is 10.1 Å². The predicted molar refractivity (Wildman–Crippen MR) is 80.7 cm³/mol. The first-order chi connectivity index (χ1) is 9.31. The molecular weight excluding hydrogens is 301 g/mol. The Morgan fingerprint density at radius 3 is 2.55 bits per heavy atom. The molecule has 1 atom stereocenters. The highest BCUT2D eigenvalue weighted by Gasteiger charge is 2.18. The van der Waals surface area contributed by atoms with Crippen molar-refractivity contribution < 1.29 is 14.6 Å². The zero-order chi connectivity index (χ0) is 15.3. The Balaban J connectivity index is 2.92. The number of carboxylic acids is 1. The van der Waals surface area contributed by atoms with Crippen LogP contribution in [0.4, 0.5) is 0 Å². The van der Waals surface area contributed by atoms with Gasteiger partial charge in [0.1, 0.15) is 5.75 Å². The summed E-state index contributed by atoms with van der Waals surface area (Å²) in [6, 6.07) is 3.27. The van der Waals surface area contributed by atoms with E-state index in [1.54, 1.807) is 12.1 Å². The van der Waals surface area contributed by atoms with Crippen molar-refractivity contribution in [3.05, 3.63) is 27.7 Å². The van der Waals surface area contributed by atoms with Gasteiger partial charge in [0.2, 0.25) is 0 Å². The average molecular weight is 320 g/mol. The molecule has 0 saturated carbocycles. The van der Waals surface area contributed by atoms with Crippen LogP contribution in [0.25, 0.3) is 0 Å². The summed E-state index contributed by atoms with van der Waals surface area (Å²) in [6.07, 6.45) is -0.975. The predicted octanol–water partition coefficient (Wildman–Crippen LogP) is 3.59. The second-order valence-electron chi connectivity index (χ2n) is 5.00. The second kappa shape index (κ2) is 7.72. The molecule has 0 aromatic heterocycles. The van der Waals surface area contributed by atoms with E-state index in [0.29, 0.717) is 28.3 Å². The van der Waals surface area contributed by atoms with Crippen molar-refractivity contribution in [1.29, 1.82) is 0 Å². The van der Waals surface area contributed by atoms with Gasteiger partial charge in [-0.25, -0.2) is 4.79 Å². The molecule has 0 amide bonds. The quantitative estimate of drug-likeness (QED) is 0.806. The Hall–Kier alpha value is -0.970. The molecule has 112 valence electrons. The molecule has 0 aliphatic rings. The average Bonchev–Trinajstić information content (AvgIpc) is 2.32. The Morgan fingerprint density at radius 1 is 1.35 bits per heavy atom. The number of ether oxygens (including phenoxy) is 1. The van der Waals surface area contributed by atoms with E-state index in [1.165, 1.54) is 6.92 Å². The Bertz CT molecular complexity index is 478. The van der Waals surface area contributed by atoms with E-state index in [0.717, 1.165) is 12.1 Å². The maximum Gasteiger partial charge on any atom is 0.344 e. The zero-order valence-electron chi connectivity index (χ0n) is 11.7. The van der Waals surface area contributed by atoms with Gasteiger partial charge in [0.15, 0.2) is 6.10 Å². The Morgan fingerprint density at radius 2 is 2.00 bits per heavy atom. The van der Waals surface area contributed by atoms with Crippen LogP contribution in [0.2, 0.25) is 10.0 Å². The van der Waals surface area contributed by atoms with E-state index in [2.05, 4.69) is 19.2 Å². The third-order valence-corrected chi connectivity index (χ3v) is 3.09. The van der Waals surface area contributed by atoms with Crippen molar-refractivity contribution in [1.82, 2.24) is 5.32 Å². The second-order valence-corrected chi connectivity index (χ2v) is 5.84. The molecule has 2 N–H and O–H groups in total. The van der Waals surface area contributed by atoms with Gasteiger partial charge in [-0.1, -0.05) is 37.0 Å². The summed E-state index contributed by atoms with van der Waals surface area (Å²) in [6.45, 7) is 7.00. The lowest BCUT2D eigenvalue weighted by molar-refractivity contribution is -0.144. The van der Waals surface area contributed by atoms with Crippen molar-refractivity contribution in [3.63, 3.8) is 0 Å². The number of hydrogen-bond donors (Lipinski definition) is 2. The minimum Gasteiger partial charge on any atom is -0.479 e. The maximum absolute atomic E-state index is 10.9. The molecule has 1 rings (SSSR count). The molecule has 0 saturated heterocycles. The number of halogens is 2. The first kappa shape index (κ1) is 17.1. The highest BCUT2D eigenvalue weighted by molar-refractivity contribution is 6.35. The lowest BCUT2D eigenvalue weighted by atomic mass is 10.1. The van der Waals surface area contributed by atoms with Crippen molar-refractivity contribution in [2.24, 2.45) is 5.92 Å². The fraction of sp³-hybridized carbons (Fsp3) is 0.500. The van der Waals surface area contributed by atoms with E-state index in [9.17, 15) is 4.79 Å². The van der Waals surface area contributed by atoms with Gasteiger partial charge in [0.05, 0.1) is 5.02 Å². The highest BCUT2D eigenvalue weighted by Crippen LogP contribution is 2.33. The number of hydrogen-bond acceptors (Lipinski definition) is 3. The van der Waals surface area contributed by atoms with Gasteiger partial charge in [-0.15, -0.1) is 0 Å². The number of benzene rings is 1. The largest absolute Gasteiger partial charge is 0.479 e. The summed E-state index contributed by atoms with van der Waals surface area (Å²) >= 11 is 12.1. The maximum atomic E-state index is 10.9. The van der Waals surface area contributed by atoms with Gasteiger partial charge in [-0.3, -0.25) is 0 Å². The van der Waals surface area contributed by atoms with Gasteiger partial charge in [-0.05, 0) is 31.5 Å². The fourth-order valence-corrected chi connectivity index (χ4v) is 2.18. The summed E-state index contributed by atoms with van der Waals surface area (Å²) in [4.78, 5) is 10.9. The molecule has 0 spiro atoms. The first-order valence-corrected chi connectivity index (χ1v) is 7.15. The lowest BCUT2D eigenvalue weighted by Crippen LogP contribution is -2.25. The summed E-state index contributed by atoms with van der Waals surface area (Å²) in [5.74, 6) is -0.175. The van der Waals surface area contributed by atoms with E-state index < -0.39 is 12.1 Å². The minimum absolute atomic E-state index is 0.312. The number of nitrogens with one attached hydrogen (secondary N) is 1. The smallest absolute Gasteiger partial charge is 0.344 e. The molecule has 6 heteroatoms. The van der Waals surface area contributed by atoms with Gasteiger partial charge in [0, 0.05) is 17.1 Å². The van der Waals surface area contributed by atoms with Crippen LogP contribution in [0.1, 0.15) is 26.3 Å². The van der Waals surface area contributed by atoms with Crippen molar-refractivity contribution in [3.8, 4) is 5.75 Å². The van der Waals surface area contributed by atoms with Crippen LogP contribution in [0.15, 0.2) is 12.1 Å². The Labute approximate surface area is 129 Å². The van der Waals surface area contributed by atoms with Gasteiger partial charge < -0.3 is 15.2 Å². The lowest BCUT2D eigenvalue weighted by Gasteiger charge is -2.17. The molecule has 20 heavy (non-hydrogen) atoms. The molecule has 0 bridgehead atoms. The summed E-state index contributed by atoms with van der Waals surface area (Å²) in [7, 11) is 0.